The Kier molecular flexibility index (Phi) is 6.60. The predicted octanol–water partition coefficient (Wildman–Crippen LogP) is 5.61. The normalized spacial score (nSPS) is 18.9. The predicted molar refractivity (Wildman–Crippen MR) is 120 cm³/mol. The van der Waals surface area contributed by atoms with Crippen LogP contribution in [0, 0.1) is 11.7 Å². The highest BCUT2D eigenvalue weighted by Crippen LogP contribution is 2.31. The van der Waals surface area contributed by atoms with Crippen molar-refractivity contribution in [1.82, 2.24) is 9.97 Å². The molecule has 3 N–H and O–H groups in total. The molecule has 2 heterocycles. The lowest BCUT2D eigenvalue weighted by atomic mass is 9.83. The summed E-state index contributed by atoms with van der Waals surface area (Å²) in [5, 5.41) is 3.91. The van der Waals surface area contributed by atoms with Gasteiger partial charge in [0.05, 0.1) is 10.7 Å². The van der Waals surface area contributed by atoms with Crippen LogP contribution in [0.1, 0.15) is 36.9 Å². The fourth-order valence-corrected chi connectivity index (χ4v) is 4.25. The van der Waals surface area contributed by atoms with Gasteiger partial charge in [0.15, 0.2) is 0 Å². The molecular formula is C24H26ClFN4. The zero-order valence-electron chi connectivity index (χ0n) is 16.8. The number of rotatable bonds is 6. The van der Waals surface area contributed by atoms with E-state index in [0.29, 0.717) is 23.5 Å². The first-order valence-corrected chi connectivity index (χ1v) is 10.8. The molecule has 0 radical (unpaired) electrons. The van der Waals surface area contributed by atoms with E-state index in [1.54, 1.807) is 24.7 Å². The van der Waals surface area contributed by atoms with Gasteiger partial charge in [-0.3, -0.25) is 9.97 Å². The van der Waals surface area contributed by atoms with Gasteiger partial charge in [-0.15, -0.1) is 0 Å². The minimum atomic E-state index is -0.239. The summed E-state index contributed by atoms with van der Waals surface area (Å²) in [5.74, 6) is 0.390. The zero-order chi connectivity index (χ0) is 20.9. The van der Waals surface area contributed by atoms with E-state index in [-0.39, 0.29) is 5.82 Å². The molecule has 1 fully saturated rings. The smallest absolute Gasteiger partial charge is 0.123 e. The molecule has 156 valence electrons. The number of pyridine rings is 2. The lowest BCUT2D eigenvalue weighted by Crippen LogP contribution is -2.27. The minimum Gasteiger partial charge on any atom is -0.380 e. The van der Waals surface area contributed by atoms with E-state index in [1.807, 2.05) is 12.1 Å². The molecule has 0 unspecified atom stereocenters. The maximum absolute atomic E-state index is 13.4. The second-order valence-corrected chi connectivity index (χ2v) is 8.49. The van der Waals surface area contributed by atoms with Crippen molar-refractivity contribution in [3.05, 3.63) is 77.1 Å². The number of nitrogens with zero attached hydrogens (tertiary/aromatic N) is 2. The molecule has 1 aliphatic rings. The van der Waals surface area contributed by atoms with E-state index in [1.165, 1.54) is 12.1 Å². The standard InChI is InChI=1S/C24H26ClFN4/c25-24-15-30-21(9-16-4-6-20(27)7-5-16)11-23(24)18-10-22(14-28-13-18)29-12-17-2-1-3-19(26)8-17/h1-3,8,10-11,13-16,20,29H,4-7,9,12,27H2. The number of hydrogen-bond acceptors (Lipinski definition) is 4. The van der Waals surface area contributed by atoms with Crippen molar-refractivity contribution in [2.24, 2.45) is 11.7 Å². The van der Waals surface area contributed by atoms with Gasteiger partial charge in [0.1, 0.15) is 5.82 Å². The van der Waals surface area contributed by atoms with Crippen molar-refractivity contribution in [2.45, 2.75) is 44.7 Å². The van der Waals surface area contributed by atoms with Gasteiger partial charge in [-0.05, 0) is 67.9 Å². The summed E-state index contributed by atoms with van der Waals surface area (Å²) in [6, 6.07) is 11.0. The van der Waals surface area contributed by atoms with Crippen LogP contribution in [-0.4, -0.2) is 16.0 Å². The van der Waals surface area contributed by atoms with Crippen LogP contribution in [0.15, 0.2) is 55.0 Å². The number of aromatic nitrogens is 2. The fraction of sp³-hybridized carbons (Fsp3) is 0.333. The van der Waals surface area contributed by atoms with Crippen molar-refractivity contribution in [3.8, 4) is 11.1 Å². The molecule has 0 aliphatic heterocycles. The van der Waals surface area contributed by atoms with Crippen LogP contribution in [0.25, 0.3) is 11.1 Å². The Morgan fingerprint density at radius 1 is 1.07 bits per heavy atom. The summed E-state index contributed by atoms with van der Waals surface area (Å²) >= 11 is 6.47. The van der Waals surface area contributed by atoms with Crippen molar-refractivity contribution >= 4 is 17.3 Å². The van der Waals surface area contributed by atoms with Crippen LogP contribution in [0.2, 0.25) is 5.02 Å². The van der Waals surface area contributed by atoms with Gasteiger partial charge in [-0.25, -0.2) is 4.39 Å². The average molecular weight is 425 g/mol. The Hall–Kier alpha value is -2.50. The van der Waals surface area contributed by atoms with Crippen molar-refractivity contribution < 1.29 is 4.39 Å². The molecule has 0 spiro atoms. The van der Waals surface area contributed by atoms with E-state index in [9.17, 15) is 4.39 Å². The summed E-state index contributed by atoms with van der Waals surface area (Å²) in [7, 11) is 0. The third-order valence-electron chi connectivity index (χ3n) is 5.74. The van der Waals surface area contributed by atoms with Crippen LogP contribution in [0.5, 0.6) is 0 Å². The fourth-order valence-electron chi connectivity index (χ4n) is 4.04. The minimum absolute atomic E-state index is 0.239. The monoisotopic (exact) mass is 424 g/mol. The molecule has 0 saturated heterocycles. The summed E-state index contributed by atoms with van der Waals surface area (Å²) in [4.78, 5) is 8.91. The number of nitrogens with two attached hydrogens (primary N) is 1. The number of anilines is 1. The molecule has 0 atom stereocenters. The SMILES string of the molecule is NC1CCC(Cc2cc(-c3cncc(NCc4cccc(F)c4)c3)c(Cl)cn2)CC1. The lowest BCUT2D eigenvalue weighted by molar-refractivity contribution is 0.323. The Bertz CT molecular complexity index is 1000. The van der Waals surface area contributed by atoms with E-state index < -0.39 is 0 Å². The number of nitrogens with one attached hydrogen (secondary N) is 1. The van der Waals surface area contributed by atoms with Crippen LogP contribution >= 0.6 is 11.6 Å². The highest BCUT2D eigenvalue weighted by atomic mass is 35.5. The molecule has 0 bridgehead atoms. The highest BCUT2D eigenvalue weighted by molar-refractivity contribution is 6.33. The van der Waals surface area contributed by atoms with Crippen molar-refractivity contribution in [1.29, 1.82) is 0 Å². The molecule has 1 aliphatic carbocycles. The van der Waals surface area contributed by atoms with E-state index in [4.69, 9.17) is 17.3 Å². The quantitative estimate of drug-likeness (QED) is 0.540. The molecule has 6 heteroatoms. The Morgan fingerprint density at radius 3 is 2.70 bits per heavy atom. The molecule has 3 aromatic rings. The number of hydrogen-bond donors (Lipinski definition) is 2. The van der Waals surface area contributed by atoms with E-state index in [2.05, 4.69) is 21.4 Å². The third-order valence-corrected chi connectivity index (χ3v) is 6.04. The first-order chi connectivity index (χ1) is 14.6. The van der Waals surface area contributed by atoms with Gasteiger partial charge < -0.3 is 11.1 Å². The maximum atomic E-state index is 13.4. The van der Waals surface area contributed by atoms with Gasteiger partial charge in [0.25, 0.3) is 0 Å². The first-order valence-electron chi connectivity index (χ1n) is 10.4. The van der Waals surface area contributed by atoms with Crippen molar-refractivity contribution in [3.63, 3.8) is 0 Å². The van der Waals surface area contributed by atoms with Crippen LogP contribution in [-0.2, 0) is 13.0 Å². The molecule has 4 rings (SSSR count). The molecule has 1 saturated carbocycles. The summed E-state index contributed by atoms with van der Waals surface area (Å²) in [6.45, 7) is 0.516. The molecule has 0 amide bonds. The molecule has 4 nitrogen and oxygen atoms in total. The molecule has 1 aromatic carbocycles. The van der Waals surface area contributed by atoms with Gasteiger partial charge in [0.2, 0.25) is 0 Å². The van der Waals surface area contributed by atoms with Gasteiger partial charge in [-0.1, -0.05) is 23.7 Å². The largest absolute Gasteiger partial charge is 0.380 e. The van der Waals surface area contributed by atoms with Gasteiger partial charge in [0, 0.05) is 48.0 Å². The number of benzene rings is 1. The van der Waals surface area contributed by atoms with Gasteiger partial charge >= 0.3 is 0 Å². The molecule has 2 aromatic heterocycles. The zero-order valence-corrected chi connectivity index (χ0v) is 17.6. The summed E-state index contributed by atoms with van der Waals surface area (Å²) in [6.07, 6.45) is 10.7. The number of halogens is 2. The van der Waals surface area contributed by atoms with Gasteiger partial charge in [-0.2, -0.15) is 0 Å². The first kappa shape index (κ1) is 20.8. The van der Waals surface area contributed by atoms with Crippen LogP contribution < -0.4 is 11.1 Å². The topological polar surface area (TPSA) is 63.8 Å². The van der Waals surface area contributed by atoms with E-state index in [0.717, 1.165) is 60.2 Å². The third kappa shape index (κ3) is 5.35. The molecule has 30 heavy (non-hydrogen) atoms. The van der Waals surface area contributed by atoms with E-state index >= 15 is 0 Å². The highest BCUT2D eigenvalue weighted by Gasteiger charge is 2.19. The second kappa shape index (κ2) is 9.54. The Morgan fingerprint density at radius 2 is 1.90 bits per heavy atom. The Labute approximate surface area is 181 Å². The Balaban J connectivity index is 1.48. The average Bonchev–Trinajstić information content (AvgIpc) is 2.75. The lowest BCUT2D eigenvalue weighted by Gasteiger charge is -2.25. The summed E-state index contributed by atoms with van der Waals surface area (Å²) < 4.78 is 13.4. The molecular weight excluding hydrogens is 399 g/mol. The maximum Gasteiger partial charge on any atom is 0.123 e. The van der Waals surface area contributed by atoms with Crippen molar-refractivity contribution in [2.75, 3.05) is 5.32 Å². The summed E-state index contributed by atoms with van der Waals surface area (Å²) in [5.41, 5.74) is 10.7. The van der Waals surface area contributed by atoms with Crippen LogP contribution in [0.3, 0.4) is 0 Å². The van der Waals surface area contributed by atoms with Crippen LogP contribution in [0.4, 0.5) is 10.1 Å². The second-order valence-electron chi connectivity index (χ2n) is 8.09.